The van der Waals surface area contributed by atoms with Gasteiger partial charge in [0, 0.05) is 15.8 Å². The van der Waals surface area contributed by atoms with Gasteiger partial charge in [0.05, 0.1) is 0 Å². The second-order valence-electron chi connectivity index (χ2n) is 5.75. The minimum atomic E-state index is -0.922. The molecule has 0 aliphatic carbocycles. The summed E-state index contributed by atoms with van der Waals surface area (Å²) in [5.41, 5.74) is 2.48. The first-order chi connectivity index (χ1) is 11.7. The third-order valence-electron chi connectivity index (χ3n) is 3.77. The van der Waals surface area contributed by atoms with Gasteiger partial charge in [-0.2, -0.15) is 0 Å². The molecule has 0 unspecified atom stereocenters. The molecule has 0 atom stereocenters. The van der Waals surface area contributed by atoms with Crippen LogP contribution in [-0.4, -0.2) is 11.1 Å². The molecule has 2 aromatic rings. The second-order valence-corrected chi connectivity index (χ2v) is 6.92. The Hall–Kier alpha value is -2.13. The number of hydrogen-bond acceptors (Lipinski definition) is 2. The minimum absolute atomic E-state index is 0.803. The quantitative estimate of drug-likeness (QED) is 0.351. The van der Waals surface area contributed by atoms with Crippen molar-refractivity contribution in [2.24, 2.45) is 0 Å². The Kier molecular flexibility index (Phi) is 7.50. The molecule has 0 fully saturated rings. The summed E-state index contributed by atoms with van der Waals surface area (Å²) >= 11 is 1.89. The lowest BCUT2D eigenvalue weighted by Gasteiger charge is -2.00. The van der Waals surface area contributed by atoms with Gasteiger partial charge in [-0.3, -0.25) is 0 Å². The molecule has 0 aliphatic heterocycles. The lowest BCUT2D eigenvalue weighted by atomic mass is 10.1. The zero-order valence-electron chi connectivity index (χ0n) is 14.1. The van der Waals surface area contributed by atoms with Gasteiger partial charge in [0.25, 0.3) is 0 Å². The van der Waals surface area contributed by atoms with Crippen LogP contribution in [0.25, 0.3) is 10.4 Å². The Morgan fingerprint density at radius 3 is 2.58 bits per heavy atom. The van der Waals surface area contributed by atoms with Crippen molar-refractivity contribution in [2.75, 3.05) is 0 Å². The first kappa shape index (κ1) is 18.2. The molecule has 0 saturated heterocycles. The molecule has 2 rings (SSSR count). The molecule has 2 nitrogen and oxygen atoms in total. The molecule has 0 spiro atoms. The van der Waals surface area contributed by atoms with Gasteiger partial charge in [-0.25, -0.2) is 4.79 Å². The Balaban J connectivity index is 1.90. The highest BCUT2D eigenvalue weighted by molar-refractivity contribution is 7.15. The molecule has 0 bridgehead atoms. The fraction of sp³-hybridized carbons (Fsp3) is 0.286. The minimum Gasteiger partial charge on any atom is -0.478 e. The molecule has 1 N–H and O–H groups in total. The number of rotatable bonds is 9. The van der Waals surface area contributed by atoms with E-state index >= 15 is 0 Å². The summed E-state index contributed by atoms with van der Waals surface area (Å²) in [7, 11) is 0. The van der Waals surface area contributed by atoms with E-state index < -0.39 is 5.97 Å². The van der Waals surface area contributed by atoms with Gasteiger partial charge in [-0.1, -0.05) is 62.3 Å². The maximum absolute atomic E-state index is 10.4. The number of carbonyl (C=O) groups is 1. The SMILES string of the molecule is CCCCCc1ccc(-c2ccc(C/C=C/C=C/C(=O)O)cc2)s1. The van der Waals surface area contributed by atoms with Gasteiger partial charge in [-0.05, 0) is 42.5 Å². The first-order valence-corrected chi connectivity index (χ1v) is 9.25. The van der Waals surface area contributed by atoms with Crippen molar-refractivity contribution in [3.05, 3.63) is 71.1 Å². The number of hydrogen-bond donors (Lipinski definition) is 1. The van der Waals surface area contributed by atoms with E-state index in [4.69, 9.17) is 5.11 Å². The average molecular weight is 340 g/mol. The number of unbranched alkanes of at least 4 members (excludes halogenated alkanes) is 2. The molecule has 1 aromatic carbocycles. The standard InChI is InChI=1S/C21H24O2S/c1-2-3-5-9-19-15-16-20(24-19)18-13-11-17(12-14-18)8-6-4-7-10-21(22)23/h4,6-7,10-16H,2-3,5,8-9H2,1H3,(H,22,23)/b6-4+,10-7+. The van der Waals surface area contributed by atoms with E-state index in [1.54, 1.807) is 12.2 Å². The number of aliphatic carboxylic acids is 1. The van der Waals surface area contributed by atoms with Gasteiger partial charge in [0.2, 0.25) is 0 Å². The molecule has 0 radical (unpaired) electrons. The van der Waals surface area contributed by atoms with Crippen molar-refractivity contribution in [1.29, 1.82) is 0 Å². The molecule has 1 heterocycles. The summed E-state index contributed by atoms with van der Waals surface area (Å²) in [5, 5.41) is 8.51. The summed E-state index contributed by atoms with van der Waals surface area (Å²) in [6, 6.07) is 13.1. The van der Waals surface area contributed by atoms with E-state index in [2.05, 4.69) is 43.3 Å². The normalized spacial score (nSPS) is 11.5. The number of thiophene rings is 1. The van der Waals surface area contributed by atoms with Crippen LogP contribution in [0.15, 0.2) is 60.7 Å². The second kappa shape index (κ2) is 9.89. The Labute approximate surface area is 148 Å². The summed E-state index contributed by atoms with van der Waals surface area (Å²) in [5.74, 6) is -0.922. The van der Waals surface area contributed by atoms with E-state index in [-0.39, 0.29) is 0 Å². The van der Waals surface area contributed by atoms with Crippen LogP contribution in [0.5, 0.6) is 0 Å². The summed E-state index contributed by atoms with van der Waals surface area (Å²) in [6.07, 6.45) is 12.2. The van der Waals surface area contributed by atoms with Crippen LogP contribution in [0.2, 0.25) is 0 Å². The number of aryl methyl sites for hydroxylation is 1. The monoisotopic (exact) mass is 340 g/mol. The smallest absolute Gasteiger partial charge is 0.328 e. The van der Waals surface area contributed by atoms with Crippen LogP contribution in [0.3, 0.4) is 0 Å². The van der Waals surface area contributed by atoms with E-state index in [0.717, 1.165) is 12.5 Å². The van der Waals surface area contributed by atoms with E-state index in [1.165, 1.54) is 46.6 Å². The predicted octanol–water partition coefficient (Wildman–Crippen LogP) is 5.89. The molecular formula is C21H24O2S. The average Bonchev–Trinajstić information content (AvgIpc) is 3.04. The van der Waals surface area contributed by atoms with Crippen LogP contribution < -0.4 is 0 Å². The van der Waals surface area contributed by atoms with Crippen molar-refractivity contribution in [3.8, 4) is 10.4 Å². The zero-order chi connectivity index (χ0) is 17.2. The van der Waals surface area contributed by atoms with Gasteiger partial charge in [0.15, 0.2) is 0 Å². The number of carboxylic acid groups (broad SMARTS) is 1. The topological polar surface area (TPSA) is 37.3 Å². The number of allylic oxidation sites excluding steroid dienone is 3. The van der Waals surface area contributed by atoms with E-state index in [1.807, 2.05) is 17.4 Å². The Morgan fingerprint density at radius 1 is 1.08 bits per heavy atom. The molecule has 126 valence electrons. The van der Waals surface area contributed by atoms with Gasteiger partial charge < -0.3 is 5.11 Å². The number of benzene rings is 1. The van der Waals surface area contributed by atoms with Crippen molar-refractivity contribution in [2.45, 2.75) is 39.0 Å². The van der Waals surface area contributed by atoms with E-state index in [0.29, 0.717) is 0 Å². The van der Waals surface area contributed by atoms with Crippen LogP contribution in [-0.2, 0) is 17.6 Å². The molecule has 1 aromatic heterocycles. The molecule has 0 aliphatic rings. The highest BCUT2D eigenvalue weighted by Crippen LogP contribution is 2.29. The molecular weight excluding hydrogens is 316 g/mol. The van der Waals surface area contributed by atoms with Crippen molar-refractivity contribution < 1.29 is 9.90 Å². The number of carboxylic acids is 1. The molecule has 0 saturated carbocycles. The molecule has 24 heavy (non-hydrogen) atoms. The third kappa shape index (κ3) is 6.17. The summed E-state index contributed by atoms with van der Waals surface area (Å²) in [6.45, 7) is 2.24. The van der Waals surface area contributed by atoms with E-state index in [9.17, 15) is 4.79 Å². The van der Waals surface area contributed by atoms with Crippen LogP contribution in [0.4, 0.5) is 0 Å². The van der Waals surface area contributed by atoms with Crippen LogP contribution in [0, 0.1) is 0 Å². The largest absolute Gasteiger partial charge is 0.478 e. The van der Waals surface area contributed by atoms with Crippen molar-refractivity contribution in [1.82, 2.24) is 0 Å². The van der Waals surface area contributed by atoms with Gasteiger partial charge >= 0.3 is 5.97 Å². The fourth-order valence-corrected chi connectivity index (χ4v) is 3.50. The highest BCUT2D eigenvalue weighted by Gasteiger charge is 2.03. The lowest BCUT2D eigenvalue weighted by Crippen LogP contribution is -1.84. The Morgan fingerprint density at radius 2 is 1.88 bits per heavy atom. The van der Waals surface area contributed by atoms with Crippen molar-refractivity contribution in [3.63, 3.8) is 0 Å². The summed E-state index contributed by atoms with van der Waals surface area (Å²) in [4.78, 5) is 13.2. The van der Waals surface area contributed by atoms with Crippen molar-refractivity contribution >= 4 is 17.3 Å². The Bertz CT molecular complexity index is 693. The first-order valence-electron chi connectivity index (χ1n) is 8.43. The van der Waals surface area contributed by atoms with Crippen LogP contribution >= 0.6 is 11.3 Å². The van der Waals surface area contributed by atoms with Crippen LogP contribution in [0.1, 0.15) is 36.6 Å². The third-order valence-corrected chi connectivity index (χ3v) is 4.96. The highest BCUT2D eigenvalue weighted by atomic mass is 32.1. The summed E-state index contributed by atoms with van der Waals surface area (Å²) < 4.78 is 0. The maximum atomic E-state index is 10.4. The fourth-order valence-electron chi connectivity index (χ4n) is 2.44. The van der Waals surface area contributed by atoms with Gasteiger partial charge in [-0.15, -0.1) is 11.3 Å². The molecule has 3 heteroatoms. The molecule has 0 amide bonds. The maximum Gasteiger partial charge on any atom is 0.328 e. The zero-order valence-corrected chi connectivity index (χ0v) is 14.9. The predicted molar refractivity (Wildman–Crippen MR) is 103 cm³/mol. The lowest BCUT2D eigenvalue weighted by molar-refractivity contribution is -0.131. The van der Waals surface area contributed by atoms with Gasteiger partial charge in [0.1, 0.15) is 0 Å².